The lowest BCUT2D eigenvalue weighted by molar-refractivity contribution is 0.537. The van der Waals surface area contributed by atoms with Gasteiger partial charge in [0.25, 0.3) is 0 Å². The lowest BCUT2D eigenvalue weighted by atomic mass is 10.1. The smallest absolute Gasteiger partial charge is 0.0638 e. The maximum absolute atomic E-state index is 4.30. The summed E-state index contributed by atoms with van der Waals surface area (Å²) >= 11 is 0. The van der Waals surface area contributed by atoms with Gasteiger partial charge in [0.2, 0.25) is 0 Å². The molecule has 14 heavy (non-hydrogen) atoms. The average Bonchev–Trinajstić information content (AvgIpc) is 2.39. The van der Waals surface area contributed by atoms with Gasteiger partial charge in [-0.05, 0) is 25.8 Å². The number of aryl methyl sites for hydroxylation is 2. The Balaban J connectivity index is 2.28. The lowest BCUT2D eigenvalue weighted by Crippen LogP contribution is -2.16. The van der Waals surface area contributed by atoms with Gasteiger partial charge in [-0.1, -0.05) is 13.8 Å². The van der Waals surface area contributed by atoms with Gasteiger partial charge in [0.05, 0.1) is 5.69 Å². The molecule has 0 amide bonds. The standard InChI is InChI=1S/C11H21N3/c1-9(2)5-6-12-7-11-8-14(4)13-10(11)3/h8-9,12H,5-7H2,1-4H3. The molecule has 1 N–H and O–H groups in total. The third kappa shape index (κ3) is 3.50. The van der Waals surface area contributed by atoms with E-state index in [9.17, 15) is 0 Å². The second-order valence-corrected chi connectivity index (χ2v) is 4.27. The summed E-state index contributed by atoms with van der Waals surface area (Å²) in [7, 11) is 1.96. The first kappa shape index (κ1) is 11.2. The molecule has 80 valence electrons. The highest BCUT2D eigenvalue weighted by Crippen LogP contribution is 2.04. The van der Waals surface area contributed by atoms with E-state index in [1.807, 2.05) is 11.7 Å². The van der Waals surface area contributed by atoms with Gasteiger partial charge in [0.15, 0.2) is 0 Å². The number of hydrogen-bond acceptors (Lipinski definition) is 2. The molecule has 0 unspecified atom stereocenters. The normalized spacial score (nSPS) is 11.2. The van der Waals surface area contributed by atoms with Crippen molar-refractivity contribution in [2.75, 3.05) is 6.54 Å². The zero-order valence-corrected chi connectivity index (χ0v) is 9.67. The highest BCUT2D eigenvalue weighted by Gasteiger charge is 2.01. The Hall–Kier alpha value is -0.830. The van der Waals surface area contributed by atoms with Crippen molar-refractivity contribution in [1.82, 2.24) is 15.1 Å². The fourth-order valence-electron chi connectivity index (χ4n) is 1.44. The van der Waals surface area contributed by atoms with Crippen LogP contribution in [0.1, 0.15) is 31.5 Å². The highest BCUT2D eigenvalue weighted by molar-refractivity contribution is 5.14. The molecule has 3 heteroatoms. The molecule has 0 saturated carbocycles. The zero-order chi connectivity index (χ0) is 10.6. The van der Waals surface area contributed by atoms with Crippen molar-refractivity contribution < 1.29 is 0 Å². The first-order valence-corrected chi connectivity index (χ1v) is 5.29. The molecule has 1 heterocycles. The lowest BCUT2D eigenvalue weighted by Gasteiger charge is -2.05. The van der Waals surface area contributed by atoms with E-state index < -0.39 is 0 Å². The van der Waals surface area contributed by atoms with E-state index in [1.165, 1.54) is 12.0 Å². The van der Waals surface area contributed by atoms with E-state index >= 15 is 0 Å². The second-order valence-electron chi connectivity index (χ2n) is 4.27. The molecule has 1 aromatic heterocycles. The third-order valence-corrected chi connectivity index (χ3v) is 2.33. The summed E-state index contributed by atoms with van der Waals surface area (Å²) in [5, 5.41) is 7.74. The van der Waals surface area contributed by atoms with Gasteiger partial charge in [-0.3, -0.25) is 4.68 Å². The minimum absolute atomic E-state index is 0.775. The van der Waals surface area contributed by atoms with Crippen LogP contribution in [0.4, 0.5) is 0 Å². The molecule has 0 fully saturated rings. The van der Waals surface area contributed by atoms with Gasteiger partial charge in [-0.25, -0.2) is 0 Å². The van der Waals surface area contributed by atoms with E-state index in [1.54, 1.807) is 0 Å². The molecule has 0 aliphatic heterocycles. The van der Waals surface area contributed by atoms with Crippen molar-refractivity contribution in [3.63, 3.8) is 0 Å². The van der Waals surface area contributed by atoms with Crippen molar-refractivity contribution in [2.45, 2.75) is 33.7 Å². The molecule has 1 aromatic rings. The third-order valence-electron chi connectivity index (χ3n) is 2.33. The predicted molar refractivity (Wildman–Crippen MR) is 59.1 cm³/mol. The molecule has 0 radical (unpaired) electrons. The van der Waals surface area contributed by atoms with Crippen molar-refractivity contribution in [3.05, 3.63) is 17.5 Å². The van der Waals surface area contributed by atoms with Gasteiger partial charge >= 0.3 is 0 Å². The number of nitrogens with zero attached hydrogens (tertiary/aromatic N) is 2. The second kappa shape index (κ2) is 5.15. The Labute approximate surface area is 86.5 Å². The van der Waals surface area contributed by atoms with E-state index in [4.69, 9.17) is 0 Å². The van der Waals surface area contributed by atoms with Crippen LogP contribution in [-0.2, 0) is 13.6 Å². The molecule has 0 aliphatic rings. The van der Waals surface area contributed by atoms with Crippen molar-refractivity contribution in [2.24, 2.45) is 13.0 Å². The first-order valence-electron chi connectivity index (χ1n) is 5.29. The van der Waals surface area contributed by atoms with Crippen LogP contribution in [0.3, 0.4) is 0 Å². The van der Waals surface area contributed by atoms with E-state index in [0.29, 0.717) is 0 Å². The van der Waals surface area contributed by atoms with Gasteiger partial charge in [-0.2, -0.15) is 5.10 Å². The van der Waals surface area contributed by atoms with Crippen molar-refractivity contribution in [3.8, 4) is 0 Å². The van der Waals surface area contributed by atoms with Crippen LogP contribution in [-0.4, -0.2) is 16.3 Å². The summed E-state index contributed by atoms with van der Waals surface area (Å²) in [5.74, 6) is 0.775. The number of aromatic nitrogens is 2. The molecule has 0 atom stereocenters. The van der Waals surface area contributed by atoms with E-state index in [0.717, 1.165) is 24.7 Å². The van der Waals surface area contributed by atoms with Crippen molar-refractivity contribution in [1.29, 1.82) is 0 Å². The summed E-state index contributed by atoms with van der Waals surface area (Å²) in [6.45, 7) is 8.58. The summed E-state index contributed by atoms with van der Waals surface area (Å²) in [4.78, 5) is 0. The largest absolute Gasteiger partial charge is 0.313 e. The van der Waals surface area contributed by atoms with Gasteiger partial charge in [-0.15, -0.1) is 0 Å². The topological polar surface area (TPSA) is 29.9 Å². The number of nitrogens with one attached hydrogen (secondary N) is 1. The van der Waals surface area contributed by atoms with Crippen LogP contribution < -0.4 is 5.32 Å². The molecule has 0 aliphatic carbocycles. The first-order chi connectivity index (χ1) is 6.59. The molecular formula is C11H21N3. The molecule has 3 nitrogen and oxygen atoms in total. The van der Waals surface area contributed by atoms with Gasteiger partial charge in [0.1, 0.15) is 0 Å². The highest BCUT2D eigenvalue weighted by atomic mass is 15.2. The Morgan fingerprint density at radius 1 is 1.50 bits per heavy atom. The van der Waals surface area contributed by atoms with Crippen LogP contribution in [0.15, 0.2) is 6.20 Å². The maximum atomic E-state index is 4.30. The average molecular weight is 195 g/mol. The molecule has 0 saturated heterocycles. The monoisotopic (exact) mass is 195 g/mol. The summed E-state index contributed by atoms with van der Waals surface area (Å²) < 4.78 is 1.87. The molecular weight excluding hydrogens is 174 g/mol. The van der Waals surface area contributed by atoms with Crippen molar-refractivity contribution >= 4 is 0 Å². The van der Waals surface area contributed by atoms with Crippen LogP contribution in [0.25, 0.3) is 0 Å². The number of rotatable bonds is 5. The van der Waals surface area contributed by atoms with E-state index in [-0.39, 0.29) is 0 Å². The maximum Gasteiger partial charge on any atom is 0.0638 e. The summed E-state index contributed by atoms with van der Waals surface area (Å²) in [6, 6.07) is 0. The van der Waals surface area contributed by atoms with Gasteiger partial charge in [0, 0.05) is 25.4 Å². The van der Waals surface area contributed by atoms with E-state index in [2.05, 4.69) is 37.4 Å². The fraction of sp³-hybridized carbons (Fsp3) is 0.727. The summed E-state index contributed by atoms with van der Waals surface area (Å²) in [5.41, 5.74) is 2.43. The Morgan fingerprint density at radius 2 is 2.21 bits per heavy atom. The molecule has 0 spiro atoms. The SMILES string of the molecule is Cc1nn(C)cc1CNCCC(C)C. The molecule has 0 aromatic carbocycles. The predicted octanol–water partition coefficient (Wildman–Crippen LogP) is 1.86. The molecule has 1 rings (SSSR count). The Morgan fingerprint density at radius 3 is 2.71 bits per heavy atom. The van der Waals surface area contributed by atoms with Crippen LogP contribution in [0.2, 0.25) is 0 Å². The zero-order valence-electron chi connectivity index (χ0n) is 9.67. The Bertz CT molecular complexity index is 276. The van der Waals surface area contributed by atoms with Crippen LogP contribution >= 0.6 is 0 Å². The number of hydrogen-bond donors (Lipinski definition) is 1. The minimum atomic E-state index is 0.775. The van der Waals surface area contributed by atoms with Gasteiger partial charge < -0.3 is 5.32 Å². The minimum Gasteiger partial charge on any atom is -0.313 e. The van der Waals surface area contributed by atoms with Crippen LogP contribution in [0.5, 0.6) is 0 Å². The Kier molecular flexibility index (Phi) is 4.14. The van der Waals surface area contributed by atoms with Crippen LogP contribution in [0, 0.1) is 12.8 Å². The molecule has 0 bridgehead atoms. The fourth-order valence-corrected chi connectivity index (χ4v) is 1.44. The summed E-state index contributed by atoms with van der Waals surface area (Å²) in [6.07, 6.45) is 3.32. The quantitative estimate of drug-likeness (QED) is 0.727.